The van der Waals surface area contributed by atoms with E-state index in [1.54, 1.807) is 32.0 Å². The van der Waals surface area contributed by atoms with Crippen molar-refractivity contribution in [3.63, 3.8) is 0 Å². The van der Waals surface area contributed by atoms with E-state index in [1.807, 2.05) is 0 Å². The Bertz CT molecular complexity index is 501. The van der Waals surface area contributed by atoms with Gasteiger partial charge >= 0.3 is 5.97 Å². The summed E-state index contributed by atoms with van der Waals surface area (Å²) in [6.45, 7) is 3.61. The van der Waals surface area contributed by atoms with Gasteiger partial charge in [0, 0.05) is 12.0 Å². The van der Waals surface area contributed by atoms with Gasteiger partial charge in [-0.2, -0.15) is 0 Å². The van der Waals surface area contributed by atoms with E-state index in [9.17, 15) is 4.79 Å². The average Bonchev–Trinajstić information content (AvgIpc) is 2.37. The minimum absolute atomic E-state index is 0.129. The first-order chi connectivity index (χ1) is 9.43. The third kappa shape index (κ3) is 5.39. The summed E-state index contributed by atoms with van der Waals surface area (Å²) in [4.78, 5) is 16.4. The number of halogens is 2. The largest absolute Gasteiger partial charge is 0.463 e. The van der Waals surface area contributed by atoms with Crippen LogP contribution in [-0.4, -0.2) is 24.9 Å². The minimum atomic E-state index is -0.274. The van der Waals surface area contributed by atoms with Crippen molar-refractivity contribution in [3.8, 4) is 0 Å². The first-order valence-corrected chi connectivity index (χ1v) is 6.94. The molecule has 0 aliphatic heterocycles. The monoisotopic (exact) mass is 317 g/mol. The van der Waals surface area contributed by atoms with Gasteiger partial charge in [0.25, 0.3) is 0 Å². The number of benzene rings is 1. The van der Waals surface area contributed by atoms with Crippen molar-refractivity contribution < 1.29 is 14.4 Å². The van der Waals surface area contributed by atoms with Crippen molar-refractivity contribution >= 4 is 34.9 Å². The lowest BCUT2D eigenvalue weighted by molar-refractivity contribution is -0.147. The molecule has 0 bridgehead atoms. The maximum Gasteiger partial charge on any atom is 0.306 e. The maximum atomic E-state index is 11.5. The molecule has 1 aromatic rings. The van der Waals surface area contributed by atoms with Gasteiger partial charge in [-0.15, -0.1) is 0 Å². The van der Waals surface area contributed by atoms with Gasteiger partial charge in [0.2, 0.25) is 0 Å². The second kappa shape index (κ2) is 8.12. The van der Waals surface area contributed by atoms with Crippen LogP contribution in [0.3, 0.4) is 0 Å². The Kier molecular flexibility index (Phi) is 6.82. The van der Waals surface area contributed by atoms with E-state index in [0.717, 1.165) is 5.56 Å². The normalized spacial score (nSPS) is 11.6. The van der Waals surface area contributed by atoms with Crippen molar-refractivity contribution in [1.82, 2.24) is 0 Å². The summed E-state index contributed by atoms with van der Waals surface area (Å²) in [6.07, 6.45) is 0.494. The number of carbonyl (C=O) groups is 1. The van der Waals surface area contributed by atoms with Crippen LogP contribution in [0, 0.1) is 0 Å². The Morgan fingerprint density at radius 1 is 1.25 bits per heavy atom. The Balaban J connectivity index is 2.77. The van der Waals surface area contributed by atoms with Gasteiger partial charge in [-0.25, -0.2) is 0 Å². The molecular weight excluding hydrogens is 301 g/mol. The van der Waals surface area contributed by atoms with Crippen molar-refractivity contribution in [1.29, 1.82) is 0 Å². The topological polar surface area (TPSA) is 47.9 Å². The molecule has 0 N–H and O–H groups in total. The summed E-state index contributed by atoms with van der Waals surface area (Å²) in [5.41, 5.74) is 1.38. The Morgan fingerprint density at radius 3 is 2.50 bits per heavy atom. The summed E-state index contributed by atoms with van der Waals surface area (Å²) in [5, 5.41) is 4.82. The Labute approximate surface area is 128 Å². The zero-order valence-electron chi connectivity index (χ0n) is 11.7. The smallest absolute Gasteiger partial charge is 0.306 e. The van der Waals surface area contributed by atoms with E-state index in [0.29, 0.717) is 22.2 Å². The molecule has 0 spiro atoms. The van der Waals surface area contributed by atoms with Gasteiger partial charge < -0.3 is 9.57 Å². The lowest BCUT2D eigenvalue weighted by Gasteiger charge is -2.09. The van der Waals surface area contributed by atoms with E-state index in [2.05, 4.69) is 5.16 Å². The Hall–Kier alpha value is -1.26. The van der Waals surface area contributed by atoms with Crippen LogP contribution in [0.2, 0.25) is 10.0 Å². The number of nitrogens with zero attached hydrogens (tertiary/aromatic N) is 1. The summed E-state index contributed by atoms with van der Waals surface area (Å²) in [7, 11) is 1.45. The second-order valence-electron chi connectivity index (χ2n) is 4.39. The molecule has 0 amide bonds. The van der Waals surface area contributed by atoms with Gasteiger partial charge in [-0.3, -0.25) is 4.79 Å². The van der Waals surface area contributed by atoms with Crippen LogP contribution in [0.5, 0.6) is 0 Å². The molecule has 0 heterocycles. The fraction of sp³-hybridized carbons (Fsp3) is 0.429. The molecule has 0 atom stereocenters. The molecule has 20 heavy (non-hydrogen) atoms. The molecule has 0 fully saturated rings. The first kappa shape index (κ1) is 16.8. The van der Waals surface area contributed by atoms with Crippen LogP contribution < -0.4 is 0 Å². The molecule has 0 saturated carbocycles. The number of carbonyl (C=O) groups excluding carboxylic acids is 1. The summed E-state index contributed by atoms with van der Waals surface area (Å²) >= 11 is 11.8. The fourth-order valence-electron chi connectivity index (χ4n) is 1.57. The first-order valence-electron chi connectivity index (χ1n) is 6.19. The van der Waals surface area contributed by atoms with Crippen molar-refractivity contribution in [3.05, 3.63) is 33.8 Å². The molecule has 1 rings (SSSR count). The zero-order chi connectivity index (χ0) is 15.1. The lowest BCUT2D eigenvalue weighted by Crippen LogP contribution is -2.13. The summed E-state index contributed by atoms with van der Waals surface area (Å²) in [5.74, 6) is -0.274. The number of hydrogen-bond donors (Lipinski definition) is 0. The standard InChI is InChI=1S/C14H17Cl2NO3/c1-9(2)20-14(18)7-6-13(17-19-3)10-4-5-11(15)12(16)8-10/h4-5,8-9H,6-7H2,1-3H3. The van der Waals surface area contributed by atoms with Gasteiger partial charge in [0.05, 0.1) is 28.3 Å². The highest BCUT2D eigenvalue weighted by Gasteiger charge is 2.12. The van der Waals surface area contributed by atoms with Gasteiger partial charge in [0.15, 0.2) is 0 Å². The van der Waals surface area contributed by atoms with Crippen LogP contribution in [0.4, 0.5) is 0 Å². The van der Waals surface area contributed by atoms with E-state index in [1.165, 1.54) is 7.11 Å². The van der Waals surface area contributed by atoms with Gasteiger partial charge in [-0.1, -0.05) is 34.4 Å². The number of hydrogen-bond acceptors (Lipinski definition) is 4. The number of oxime groups is 1. The highest BCUT2D eigenvalue weighted by molar-refractivity contribution is 6.42. The molecule has 0 radical (unpaired) electrons. The average molecular weight is 318 g/mol. The molecule has 0 aliphatic rings. The third-order valence-electron chi connectivity index (χ3n) is 2.39. The quantitative estimate of drug-likeness (QED) is 0.451. The van der Waals surface area contributed by atoms with Crippen LogP contribution >= 0.6 is 23.2 Å². The molecule has 0 aromatic heterocycles. The lowest BCUT2D eigenvalue weighted by atomic mass is 10.1. The highest BCUT2D eigenvalue weighted by Crippen LogP contribution is 2.23. The van der Waals surface area contributed by atoms with Crippen molar-refractivity contribution in [2.45, 2.75) is 32.8 Å². The van der Waals surface area contributed by atoms with Crippen LogP contribution in [0.15, 0.2) is 23.4 Å². The maximum absolute atomic E-state index is 11.5. The Morgan fingerprint density at radius 2 is 1.95 bits per heavy atom. The highest BCUT2D eigenvalue weighted by atomic mass is 35.5. The minimum Gasteiger partial charge on any atom is -0.463 e. The van der Waals surface area contributed by atoms with Crippen molar-refractivity contribution in [2.24, 2.45) is 5.16 Å². The SMILES string of the molecule is CON=C(CCC(=O)OC(C)C)c1ccc(Cl)c(Cl)c1. The van der Waals surface area contributed by atoms with E-state index >= 15 is 0 Å². The predicted octanol–water partition coefficient (Wildman–Crippen LogP) is 4.08. The number of esters is 1. The summed E-state index contributed by atoms with van der Waals surface area (Å²) < 4.78 is 5.08. The number of ether oxygens (including phenoxy) is 1. The second-order valence-corrected chi connectivity index (χ2v) is 5.20. The zero-order valence-corrected chi connectivity index (χ0v) is 13.2. The van der Waals surface area contributed by atoms with Crippen LogP contribution in [0.25, 0.3) is 0 Å². The van der Waals surface area contributed by atoms with Crippen molar-refractivity contribution in [2.75, 3.05) is 7.11 Å². The molecule has 1 aromatic carbocycles. The molecule has 0 aliphatic carbocycles. The van der Waals surface area contributed by atoms with Gasteiger partial charge in [-0.05, 0) is 26.0 Å². The van der Waals surface area contributed by atoms with E-state index < -0.39 is 0 Å². The summed E-state index contributed by atoms with van der Waals surface area (Å²) in [6, 6.07) is 5.15. The van der Waals surface area contributed by atoms with Crippen LogP contribution in [-0.2, 0) is 14.4 Å². The van der Waals surface area contributed by atoms with E-state index in [4.69, 9.17) is 32.8 Å². The molecule has 0 unspecified atom stereocenters. The van der Waals surface area contributed by atoms with Crippen LogP contribution in [0.1, 0.15) is 32.3 Å². The van der Waals surface area contributed by atoms with Gasteiger partial charge in [0.1, 0.15) is 7.11 Å². The fourth-order valence-corrected chi connectivity index (χ4v) is 1.87. The third-order valence-corrected chi connectivity index (χ3v) is 3.13. The molecule has 0 saturated heterocycles. The van der Waals surface area contributed by atoms with E-state index in [-0.39, 0.29) is 18.5 Å². The number of rotatable bonds is 6. The molecular formula is C14H17Cl2NO3. The predicted molar refractivity (Wildman–Crippen MR) is 80.5 cm³/mol. The molecule has 4 nitrogen and oxygen atoms in total. The molecule has 110 valence electrons. The molecule has 6 heteroatoms.